The van der Waals surface area contributed by atoms with E-state index in [9.17, 15) is 5.11 Å². The fourth-order valence-corrected chi connectivity index (χ4v) is 2.36. The lowest BCUT2D eigenvalue weighted by molar-refractivity contribution is 0.408. The van der Waals surface area contributed by atoms with E-state index in [1.54, 1.807) is 29.4 Å². The number of hydrogen-bond acceptors (Lipinski definition) is 4. The molecule has 0 spiro atoms. The maximum absolute atomic E-state index is 9.73. The zero-order valence-electron chi connectivity index (χ0n) is 10.0. The van der Waals surface area contributed by atoms with Crippen LogP contribution in [0.3, 0.4) is 0 Å². The number of aromatic hydroxyl groups is 1. The van der Waals surface area contributed by atoms with Crippen molar-refractivity contribution in [3.63, 3.8) is 0 Å². The normalized spacial score (nSPS) is 10.8. The Morgan fingerprint density at radius 2 is 2.16 bits per heavy atom. The number of imidazole rings is 1. The van der Waals surface area contributed by atoms with Gasteiger partial charge in [-0.05, 0) is 40.5 Å². The molecule has 0 amide bonds. The van der Waals surface area contributed by atoms with E-state index in [0.717, 1.165) is 11.1 Å². The van der Waals surface area contributed by atoms with Crippen LogP contribution in [0, 0.1) is 6.92 Å². The number of aromatic nitrogens is 3. The molecule has 6 heteroatoms. The van der Waals surface area contributed by atoms with Crippen molar-refractivity contribution in [2.45, 2.75) is 6.92 Å². The summed E-state index contributed by atoms with van der Waals surface area (Å²) in [7, 11) is 0. The van der Waals surface area contributed by atoms with Gasteiger partial charge in [-0.15, -0.1) is 0 Å². The highest BCUT2D eigenvalue weighted by molar-refractivity contribution is 9.10. The second kappa shape index (κ2) is 4.55. The van der Waals surface area contributed by atoms with E-state index in [1.807, 2.05) is 19.1 Å². The zero-order valence-corrected chi connectivity index (χ0v) is 11.6. The summed E-state index contributed by atoms with van der Waals surface area (Å²) in [5.41, 5.74) is 2.35. The highest BCUT2D eigenvalue weighted by Gasteiger charge is 2.11. The fraction of sp³-hybridized carbons (Fsp3) is 0.0769. The minimum atomic E-state index is 0.238. The first-order chi connectivity index (χ1) is 9.15. The molecular weight excluding hydrogens is 310 g/mol. The summed E-state index contributed by atoms with van der Waals surface area (Å²) >= 11 is 3.32. The zero-order chi connectivity index (χ0) is 13.4. The van der Waals surface area contributed by atoms with Crippen molar-refractivity contribution in [3.8, 4) is 22.9 Å². The van der Waals surface area contributed by atoms with Gasteiger partial charge in [0.25, 0.3) is 0 Å². The molecule has 1 N–H and O–H groups in total. The second-order valence-electron chi connectivity index (χ2n) is 4.14. The SMILES string of the molecule is Cc1cc(-c2cc(-n3ccnc3)on2)cc(Br)c1O. The number of aryl methyl sites for hydroxylation is 1. The summed E-state index contributed by atoms with van der Waals surface area (Å²) in [6.07, 6.45) is 5.09. The van der Waals surface area contributed by atoms with E-state index in [-0.39, 0.29) is 5.75 Å². The van der Waals surface area contributed by atoms with Crippen LogP contribution in [0.1, 0.15) is 5.56 Å². The Morgan fingerprint density at radius 1 is 1.32 bits per heavy atom. The van der Waals surface area contributed by atoms with Gasteiger partial charge in [0.1, 0.15) is 17.8 Å². The van der Waals surface area contributed by atoms with Crippen molar-refractivity contribution >= 4 is 15.9 Å². The quantitative estimate of drug-likeness (QED) is 0.787. The molecule has 2 heterocycles. The number of phenols is 1. The Kier molecular flexibility index (Phi) is 2.87. The number of rotatable bonds is 2. The topological polar surface area (TPSA) is 64.1 Å². The smallest absolute Gasteiger partial charge is 0.237 e. The first-order valence-corrected chi connectivity index (χ1v) is 6.39. The third-order valence-electron chi connectivity index (χ3n) is 2.81. The third-order valence-corrected chi connectivity index (χ3v) is 3.41. The Labute approximate surface area is 117 Å². The van der Waals surface area contributed by atoms with Crippen molar-refractivity contribution in [1.29, 1.82) is 0 Å². The highest BCUT2D eigenvalue weighted by atomic mass is 79.9. The Hall–Kier alpha value is -2.08. The molecule has 3 rings (SSSR count). The van der Waals surface area contributed by atoms with Gasteiger partial charge in [-0.25, -0.2) is 4.98 Å². The van der Waals surface area contributed by atoms with Crippen LogP contribution in [0.15, 0.2) is 45.9 Å². The molecule has 0 saturated heterocycles. The van der Waals surface area contributed by atoms with E-state index < -0.39 is 0 Å². The van der Waals surface area contributed by atoms with Crippen LogP contribution >= 0.6 is 15.9 Å². The summed E-state index contributed by atoms with van der Waals surface area (Å²) < 4.78 is 7.64. The van der Waals surface area contributed by atoms with Gasteiger partial charge in [0.05, 0.1) is 4.47 Å². The summed E-state index contributed by atoms with van der Waals surface area (Å²) in [5, 5.41) is 13.8. The van der Waals surface area contributed by atoms with Crippen LogP contribution < -0.4 is 0 Å². The molecule has 0 radical (unpaired) electrons. The lowest BCUT2D eigenvalue weighted by Gasteiger charge is -2.03. The predicted molar refractivity (Wildman–Crippen MR) is 73.2 cm³/mol. The van der Waals surface area contributed by atoms with Gasteiger partial charge in [0, 0.05) is 24.0 Å². The number of benzene rings is 1. The van der Waals surface area contributed by atoms with Crippen LogP contribution in [0.5, 0.6) is 5.75 Å². The van der Waals surface area contributed by atoms with E-state index in [0.29, 0.717) is 16.1 Å². The van der Waals surface area contributed by atoms with Gasteiger partial charge in [-0.3, -0.25) is 4.57 Å². The number of phenolic OH excluding ortho intramolecular Hbond substituents is 1. The lowest BCUT2D eigenvalue weighted by atomic mass is 10.1. The average Bonchev–Trinajstić information content (AvgIpc) is 3.05. The molecule has 0 bridgehead atoms. The van der Waals surface area contributed by atoms with Crippen molar-refractivity contribution in [2.24, 2.45) is 0 Å². The van der Waals surface area contributed by atoms with Gasteiger partial charge in [0.2, 0.25) is 5.88 Å². The van der Waals surface area contributed by atoms with Gasteiger partial charge in [-0.1, -0.05) is 5.16 Å². The van der Waals surface area contributed by atoms with E-state index in [1.165, 1.54) is 0 Å². The minimum Gasteiger partial charge on any atom is -0.506 e. The predicted octanol–water partition coefficient (Wildman–Crippen LogP) is 3.30. The van der Waals surface area contributed by atoms with Crippen LogP contribution in [0.2, 0.25) is 0 Å². The van der Waals surface area contributed by atoms with Crippen molar-refractivity contribution < 1.29 is 9.63 Å². The number of halogens is 1. The van der Waals surface area contributed by atoms with Crippen molar-refractivity contribution in [3.05, 3.63) is 47.0 Å². The van der Waals surface area contributed by atoms with Crippen LogP contribution in [-0.4, -0.2) is 19.8 Å². The molecule has 0 atom stereocenters. The van der Waals surface area contributed by atoms with Crippen LogP contribution in [0.25, 0.3) is 17.1 Å². The molecule has 0 fully saturated rings. The molecule has 1 aromatic carbocycles. The molecule has 19 heavy (non-hydrogen) atoms. The summed E-state index contributed by atoms with van der Waals surface area (Å²) in [4.78, 5) is 3.96. The Bertz CT molecular complexity index is 696. The monoisotopic (exact) mass is 319 g/mol. The Balaban J connectivity index is 2.04. The van der Waals surface area contributed by atoms with E-state index in [2.05, 4.69) is 26.1 Å². The molecule has 2 aromatic heterocycles. The van der Waals surface area contributed by atoms with Crippen LogP contribution in [0.4, 0.5) is 0 Å². The van der Waals surface area contributed by atoms with Gasteiger partial charge < -0.3 is 9.63 Å². The van der Waals surface area contributed by atoms with Gasteiger partial charge >= 0.3 is 0 Å². The largest absolute Gasteiger partial charge is 0.506 e. The molecule has 0 aliphatic rings. The molecule has 0 unspecified atom stereocenters. The molecule has 5 nitrogen and oxygen atoms in total. The summed E-state index contributed by atoms with van der Waals surface area (Å²) in [6, 6.07) is 5.48. The first kappa shape index (κ1) is 12.0. The fourth-order valence-electron chi connectivity index (χ4n) is 1.80. The van der Waals surface area contributed by atoms with Gasteiger partial charge in [-0.2, -0.15) is 0 Å². The third kappa shape index (κ3) is 2.15. The molecule has 0 aliphatic carbocycles. The van der Waals surface area contributed by atoms with Crippen molar-refractivity contribution in [2.75, 3.05) is 0 Å². The number of hydrogen-bond donors (Lipinski definition) is 1. The van der Waals surface area contributed by atoms with Gasteiger partial charge in [0.15, 0.2) is 0 Å². The number of nitrogens with zero attached hydrogens (tertiary/aromatic N) is 3. The molecule has 96 valence electrons. The van der Waals surface area contributed by atoms with E-state index in [4.69, 9.17) is 4.52 Å². The molecule has 0 aliphatic heterocycles. The molecule has 0 saturated carbocycles. The molecular formula is C13H10BrN3O2. The molecule has 3 aromatic rings. The average molecular weight is 320 g/mol. The van der Waals surface area contributed by atoms with E-state index >= 15 is 0 Å². The standard InChI is InChI=1S/C13H10BrN3O2/c1-8-4-9(5-10(14)13(8)18)11-6-12(19-16-11)17-3-2-15-7-17/h2-7,18H,1H3. The minimum absolute atomic E-state index is 0.238. The summed E-state index contributed by atoms with van der Waals surface area (Å²) in [6.45, 7) is 1.83. The first-order valence-electron chi connectivity index (χ1n) is 5.59. The Morgan fingerprint density at radius 3 is 2.84 bits per heavy atom. The highest BCUT2D eigenvalue weighted by Crippen LogP contribution is 2.33. The van der Waals surface area contributed by atoms with Crippen molar-refractivity contribution in [1.82, 2.24) is 14.7 Å². The lowest BCUT2D eigenvalue weighted by Crippen LogP contribution is -1.85. The summed E-state index contributed by atoms with van der Waals surface area (Å²) in [5.74, 6) is 0.830. The maximum atomic E-state index is 9.73. The second-order valence-corrected chi connectivity index (χ2v) is 5.00. The van der Waals surface area contributed by atoms with Crippen LogP contribution in [-0.2, 0) is 0 Å². The maximum Gasteiger partial charge on any atom is 0.237 e.